The summed E-state index contributed by atoms with van der Waals surface area (Å²) < 4.78 is 5.33. The molecule has 21 heavy (non-hydrogen) atoms. The minimum Gasteiger partial charge on any atom is -0.467 e. The fourth-order valence-corrected chi connectivity index (χ4v) is 2.16. The minimum atomic E-state index is -0.502. The number of amides is 1. The summed E-state index contributed by atoms with van der Waals surface area (Å²) in [5.74, 6) is 0.714. The predicted octanol–water partition coefficient (Wildman–Crippen LogP) is 2.51. The van der Waals surface area contributed by atoms with E-state index in [4.69, 9.17) is 10.2 Å². The lowest BCUT2D eigenvalue weighted by Crippen LogP contribution is -2.42. The number of nitrogens with zero attached hydrogens (tertiary/aromatic N) is 1. The molecule has 0 aliphatic heterocycles. The zero-order chi connectivity index (χ0) is 15.2. The summed E-state index contributed by atoms with van der Waals surface area (Å²) in [6.07, 6.45) is 2.42. The molecule has 0 aliphatic rings. The van der Waals surface area contributed by atoms with Gasteiger partial charge >= 0.3 is 0 Å². The van der Waals surface area contributed by atoms with Gasteiger partial charge in [0, 0.05) is 6.54 Å². The van der Waals surface area contributed by atoms with E-state index in [1.165, 1.54) is 11.1 Å². The summed E-state index contributed by atoms with van der Waals surface area (Å²) in [6, 6.07) is 11.5. The summed E-state index contributed by atoms with van der Waals surface area (Å²) in [5, 5.41) is 0. The smallest absolute Gasteiger partial charge is 0.239 e. The first-order valence-corrected chi connectivity index (χ1v) is 7.18. The summed E-state index contributed by atoms with van der Waals surface area (Å²) in [5.41, 5.74) is 8.18. The normalized spacial score (nSPS) is 12.1. The van der Waals surface area contributed by atoms with Gasteiger partial charge in [-0.05, 0) is 38.0 Å². The molecular weight excluding hydrogens is 264 g/mol. The zero-order valence-corrected chi connectivity index (χ0v) is 12.6. The summed E-state index contributed by atoms with van der Waals surface area (Å²) in [6.45, 7) is 4.86. The minimum absolute atomic E-state index is 0.0569. The van der Waals surface area contributed by atoms with E-state index in [9.17, 15) is 4.79 Å². The Morgan fingerprint density at radius 1 is 1.29 bits per heavy atom. The van der Waals surface area contributed by atoms with Gasteiger partial charge in [-0.1, -0.05) is 29.8 Å². The molecule has 4 nitrogen and oxygen atoms in total. The Hall–Kier alpha value is -2.07. The van der Waals surface area contributed by atoms with Crippen LogP contribution in [0.5, 0.6) is 0 Å². The predicted molar refractivity (Wildman–Crippen MR) is 82.7 cm³/mol. The van der Waals surface area contributed by atoms with E-state index in [0.29, 0.717) is 13.1 Å². The van der Waals surface area contributed by atoms with E-state index in [0.717, 1.165) is 12.2 Å². The van der Waals surface area contributed by atoms with Crippen molar-refractivity contribution in [1.82, 2.24) is 4.90 Å². The molecule has 2 aromatic rings. The Balaban J connectivity index is 2.01. The van der Waals surface area contributed by atoms with Crippen LogP contribution >= 0.6 is 0 Å². The van der Waals surface area contributed by atoms with Crippen LogP contribution in [0.25, 0.3) is 0 Å². The lowest BCUT2D eigenvalue weighted by Gasteiger charge is -2.23. The number of furan rings is 1. The Labute approximate surface area is 125 Å². The molecule has 1 heterocycles. The molecule has 4 heteroatoms. The van der Waals surface area contributed by atoms with Crippen LogP contribution in [0.4, 0.5) is 0 Å². The number of hydrogen-bond donors (Lipinski definition) is 1. The van der Waals surface area contributed by atoms with Gasteiger partial charge in [0.1, 0.15) is 5.76 Å². The molecule has 0 fully saturated rings. The third kappa shape index (κ3) is 4.46. The maximum atomic E-state index is 12.2. The van der Waals surface area contributed by atoms with Gasteiger partial charge in [-0.15, -0.1) is 0 Å². The standard InChI is InChI=1S/C17H22N2O2/c1-13-5-7-15(8-6-13)9-10-19(17(20)14(2)18)12-16-4-3-11-21-16/h3-8,11,14H,9-10,12,18H2,1-2H3/t14-/m0/s1. The fourth-order valence-electron chi connectivity index (χ4n) is 2.16. The molecule has 0 saturated carbocycles. The molecule has 1 atom stereocenters. The molecule has 0 spiro atoms. The van der Waals surface area contributed by atoms with Gasteiger partial charge in [-0.3, -0.25) is 4.79 Å². The second kappa shape index (κ2) is 7.09. The molecule has 0 bridgehead atoms. The molecule has 0 saturated heterocycles. The molecule has 112 valence electrons. The number of carbonyl (C=O) groups excluding carboxylic acids is 1. The molecule has 1 amide bonds. The first-order chi connectivity index (χ1) is 10.1. The van der Waals surface area contributed by atoms with Crippen molar-refractivity contribution < 1.29 is 9.21 Å². The van der Waals surface area contributed by atoms with Crippen molar-refractivity contribution in [2.75, 3.05) is 6.54 Å². The maximum absolute atomic E-state index is 12.2. The Morgan fingerprint density at radius 3 is 2.57 bits per heavy atom. The van der Waals surface area contributed by atoms with Crippen molar-refractivity contribution in [3.05, 3.63) is 59.5 Å². The van der Waals surface area contributed by atoms with E-state index >= 15 is 0 Å². The topological polar surface area (TPSA) is 59.5 Å². The van der Waals surface area contributed by atoms with Gasteiger partial charge < -0.3 is 15.1 Å². The van der Waals surface area contributed by atoms with Crippen LogP contribution < -0.4 is 5.73 Å². The van der Waals surface area contributed by atoms with Crippen molar-refractivity contribution in [3.8, 4) is 0 Å². The fraction of sp³-hybridized carbons (Fsp3) is 0.353. The summed E-state index contributed by atoms with van der Waals surface area (Å²) >= 11 is 0. The molecular formula is C17H22N2O2. The second-order valence-corrected chi connectivity index (χ2v) is 5.36. The van der Waals surface area contributed by atoms with Crippen molar-refractivity contribution >= 4 is 5.91 Å². The lowest BCUT2D eigenvalue weighted by atomic mass is 10.1. The molecule has 1 aromatic heterocycles. The van der Waals surface area contributed by atoms with Crippen molar-refractivity contribution in [2.24, 2.45) is 5.73 Å². The molecule has 0 unspecified atom stereocenters. The average Bonchev–Trinajstić information content (AvgIpc) is 2.97. The van der Waals surface area contributed by atoms with Crippen molar-refractivity contribution in [3.63, 3.8) is 0 Å². The first kappa shape index (κ1) is 15.3. The highest BCUT2D eigenvalue weighted by molar-refractivity contribution is 5.81. The van der Waals surface area contributed by atoms with Gasteiger partial charge in [0.25, 0.3) is 0 Å². The van der Waals surface area contributed by atoms with Crippen LogP contribution in [0.2, 0.25) is 0 Å². The van der Waals surface area contributed by atoms with E-state index in [-0.39, 0.29) is 5.91 Å². The SMILES string of the molecule is Cc1ccc(CCN(Cc2ccco2)C(=O)[C@H](C)N)cc1. The zero-order valence-electron chi connectivity index (χ0n) is 12.6. The van der Waals surface area contributed by atoms with Gasteiger partial charge in [-0.25, -0.2) is 0 Å². The van der Waals surface area contributed by atoms with Crippen LogP contribution in [0.15, 0.2) is 47.1 Å². The Bertz CT molecular complexity index is 559. The number of hydrogen-bond acceptors (Lipinski definition) is 3. The van der Waals surface area contributed by atoms with Crippen LogP contribution in [0.3, 0.4) is 0 Å². The largest absolute Gasteiger partial charge is 0.467 e. The number of benzene rings is 1. The van der Waals surface area contributed by atoms with E-state index < -0.39 is 6.04 Å². The van der Waals surface area contributed by atoms with Gasteiger partial charge in [0.15, 0.2) is 0 Å². The van der Waals surface area contributed by atoms with Crippen LogP contribution in [-0.2, 0) is 17.8 Å². The molecule has 0 aliphatic carbocycles. The van der Waals surface area contributed by atoms with Gasteiger partial charge in [-0.2, -0.15) is 0 Å². The number of carbonyl (C=O) groups is 1. The molecule has 0 radical (unpaired) electrons. The summed E-state index contributed by atoms with van der Waals surface area (Å²) in [4.78, 5) is 14.0. The van der Waals surface area contributed by atoms with E-state index in [1.807, 2.05) is 12.1 Å². The molecule has 1 aromatic carbocycles. The van der Waals surface area contributed by atoms with E-state index in [1.54, 1.807) is 18.1 Å². The highest BCUT2D eigenvalue weighted by atomic mass is 16.3. The second-order valence-electron chi connectivity index (χ2n) is 5.36. The number of aryl methyl sites for hydroxylation is 1. The molecule has 2 rings (SSSR count). The first-order valence-electron chi connectivity index (χ1n) is 7.18. The van der Waals surface area contributed by atoms with Gasteiger partial charge in [0.2, 0.25) is 5.91 Å². The third-order valence-corrected chi connectivity index (χ3v) is 3.42. The maximum Gasteiger partial charge on any atom is 0.239 e. The highest BCUT2D eigenvalue weighted by Crippen LogP contribution is 2.10. The lowest BCUT2D eigenvalue weighted by molar-refractivity contribution is -0.133. The monoisotopic (exact) mass is 286 g/mol. The Morgan fingerprint density at radius 2 is 2.00 bits per heavy atom. The number of nitrogens with two attached hydrogens (primary N) is 1. The van der Waals surface area contributed by atoms with Crippen molar-refractivity contribution in [2.45, 2.75) is 32.9 Å². The average molecular weight is 286 g/mol. The Kier molecular flexibility index (Phi) is 5.17. The van der Waals surface area contributed by atoms with Crippen LogP contribution in [0.1, 0.15) is 23.8 Å². The summed E-state index contributed by atoms with van der Waals surface area (Å²) in [7, 11) is 0. The van der Waals surface area contributed by atoms with E-state index in [2.05, 4.69) is 31.2 Å². The highest BCUT2D eigenvalue weighted by Gasteiger charge is 2.18. The van der Waals surface area contributed by atoms with Crippen LogP contribution in [0, 0.1) is 6.92 Å². The third-order valence-electron chi connectivity index (χ3n) is 3.42. The number of rotatable bonds is 6. The quantitative estimate of drug-likeness (QED) is 0.887. The van der Waals surface area contributed by atoms with Gasteiger partial charge in [0.05, 0.1) is 18.8 Å². The van der Waals surface area contributed by atoms with Crippen molar-refractivity contribution in [1.29, 1.82) is 0 Å². The molecule has 2 N–H and O–H groups in total. The van der Waals surface area contributed by atoms with Crippen LogP contribution in [-0.4, -0.2) is 23.4 Å².